The van der Waals surface area contributed by atoms with Crippen molar-refractivity contribution in [3.63, 3.8) is 0 Å². The number of nitrogens with zero attached hydrogens (tertiary/aromatic N) is 1. The number of amides is 1. The number of rotatable bonds is 1. The molecule has 0 bridgehead atoms. The van der Waals surface area contributed by atoms with E-state index in [2.05, 4.69) is 10.3 Å². The molecule has 2 aromatic rings. The molecule has 2 aliphatic rings. The van der Waals surface area contributed by atoms with E-state index in [9.17, 15) is 19.8 Å². The summed E-state index contributed by atoms with van der Waals surface area (Å²) < 4.78 is 12.7. The SMILES string of the molecule is Cc1nc2cc([C@@H]3C[C@H]4O[C@@]4(Cl)CCO[C@@H](C)[C@@H](O)[C@@H](C)C(=O)C(C)(C)[C@@H](O)CC(=O)N3)ccc2s1. The zero-order valence-electron chi connectivity index (χ0n) is 21.3. The lowest BCUT2D eigenvalue weighted by Gasteiger charge is -2.34. The summed E-state index contributed by atoms with van der Waals surface area (Å²) in [7, 11) is 0. The average molecular weight is 539 g/mol. The molecule has 10 heteroatoms. The number of epoxide rings is 1. The molecule has 1 amide bonds. The summed E-state index contributed by atoms with van der Waals surface area (Å²) in [5.41, 5.74) is 0.474. The van der Waals surface area contributed by atoms with Crippen LogP contribution in [0.25, 0.3) is 10.2 Å². The van der Waals surface area contributed by atoms with Gasteiger partial charge in [-0.05, 0) is 31.5 Å². The van der Waals surface area contributed by atoms with Crippen molar-refractivity contribution in [1.29, 1.82) is 0 Å². The van der Waals surface area contributed by atoms with Crippen molar-refractivity contribution in [2.45, 2.75) is 89.4 Å². The minimum absolute atomic E-state index is 0.242. The average Bonchev–Trinajstić information content (AvgIpc) is 3.28. The molecule has 1 aromatic heterocycles. The van der Waals surface area contributed by atoms with E-state index in [4.69, 9.17) is 21.1 Å². The van der Waals surface area contributed by atoms with Gasteiger partial charge in [0.15, 0.2) is 5.06 Å². The Balaban J connectivity index is 1.61. The van der Waals surface area contributed by atoms with Crippen LogP contribution in [-0.4, -0.2) is 63.0 Å². The van der Waals surface area contributed by atoms with Crippen LogP contribution in [0.5, 0.6) is 0 Å². The Morgan fingerprint density at radius 1 is 1.22 bits per heavy atom. The number of aliphatic hydroxyl groups excluding tert-OH is 2. The van der Waals surface area contributed by atoms with Crippen LogP contribution in [0.2, 0.25) is 0 Å². The highest BCUT2D eigenvalue weighted by Crippen LogP contribution is 2.48. The van der Waals surface area contributed by atoms with Crippen LogP contribution in [0, 0.1) is 18.3 Å². The third-order valence-electron chi connectivity index (χ3n) is 7.55. The fourth-order valence-electron chi connectivity index (χ4n) is 4.89. The van der Waals surface area contributed by atoms with E-state index in [0.717, 1.165) is 20.8 Å². The Labute approximate surface area is 220 Å². The Morgan fingerprint density at radius 2 is 1.94 bits per heavy atom. The first-order valence-corrected chi connectivity index (χ1v) is 13.6. The topological polar surface area (TPSA) is 121 Å². The highest BCUT2D eigenvalue weighted by molar-refractivity contribution is 7.18. The maximum absolute atomic E-state index is 13.2. The quantitative estimate of drug-likeness (QED) is 0.374. The third kappa shape index (κ3) is 5.61. The molecule has 0 saturated carbocycles. The van der Waals surface area contributed by atoms with E-state index in [-0.39, 0.29) is 30.8 Å². The number of nitrogens with one attached hydrogen (secondary N) is 1. The maximum Gasteiger partial charge on any atom is 0.223 e. The Bertz CT molecular complexity index is 1140. The van der Waals surface area contributed by atoms with Gasteiger partial charge in [-0.25, -0.2) is 4.98 Å². The number of aliphatic hydroxyl groups is 2. The van der Waals surface area contributed by atoms with Gasteiger partial charge < -0.3 is 25.0 Å². The Kier molecular flexibility index (Phi) is 7.82. The van der Waals surface area contributed by atoms with Crippen molar-refractivity contribution in [3.8, 4) is 0 Å². The highest BCUT2D eigenvalue weighted by Gasteiger charge is 2.55. The predicted octanol–water partition coefficient (Wildman–Crippen LogP) is 3.64. The second-order valence-electron chi connectivity index (χ2n) is 10.6. The summed E-state index contributed by atoms with van der Waals surface area (Å²) in [6.07, 6.45) is -2.67. The van der Waals surface area contributed by atoms with Gasteiger partial charge in [0.2, 0.25) is 5.91 Å². The van der Waals surface area contributed by atoms with Crippen LogP contribution in [0.1, 0.15) is 63.6 Å². The number of hydrogen-bond donors (Lipinski definition) is 3. The lowest BCUT2D eigenvalue weighted by atomic mass is 9.74. The molecule has 0 spiro atoms. The van der Waals surface area contributed by atoms with Crippen LogP contribution in [0.3, 0.4) is 0 Å². The number of fused-ring (bicyclic) bond motifs is 2. The number of aryl methyl sites for hydroxylation is 1. The van der Waals surface area contributed by atoms with Gasteiger partial charge in [0.05, 0.1) is 58.0 Å². The van der Waals surface area contributed by atoms with Crippen LogP contribution in [-0.2, 0) is 19.1 Å². The lowest BCUT2D eigenvalue weighted by molar-refractivity contribution is -0.146. The summed E-state index contributed by atoms with van der Waals surface area (Å²) in [6.45, 7) is 8.70. The van der Waals surface area contributed by atoms with Crippen LogP contribution in [0.15, 0.2) is 18.2 Å². The number of ketones is 1. The second-order valence-corrected chi connectivity index (χ2v) is 12.5. The van der Waals surface area contributed by atoms with E-state index in [1.807, 2.05) is 25.1 Å². The number of alkyl halides is 1. The van der Waals surface area contributed by atoms with Gasteiger partial charge in [0.25, 0.3) is 0 Å². The van der Waals surface area contributed by atoms with Crippen molar-refractivity contribution < 1.29 is 29.3 Å². The molecule has 198 valence electrons. The first kappa shape index (κ1) is 27.4. The molecule has 1 aromatic carbocycles. The van der Waals surface area contributed by atoms with Gasteiger partial charge >= 0.3 is 0 Å². The number of carbonyl (C=O) groups excluding carboxylic acids is 2. The summed E-state index contributed by atoms with van der Waals surface area (Å²) in [5.74, 6) is -1.52. The molecule has 2 saturated heterocycles. The Morgan fingerprint density at radius 3 is 2.67 bits per heavy atom. The first-order valence-electron chi connectivity index (χ1n) is 12.4. The first-order chi connectivity index (χ1) is 16.8. The number of thiazole rings is 1. The molecule has 7 atom stereocenters. The van der Waals surface area contributed by atoms with E-state index < -0.39 is 40.7 Å². The number of aromatic nitrogens is 1. The van der Waals surface area contributed by atoms with Crippen molar-refractivity contribution in [1.82, 2.24) is 10.3 Å². The van der Waals surface area contributed by atoms with Crippen LogP contribution in [0.4, 0.5) is 0 Å². The van der Waals surface area contributed by atoms with E-state index in [0.29, 0.717) is 12.8 Å². The molecule has 8 nitrogen and oxygen atoms in total. The van der Waals surface area contributed by atoms with E-state index in [1.165, 1.54) is 0 Å². The lowest BCUT2D eigenvalue weighted by Crippen LogP contribution is -2.47. The molecule has 0 radical (unpaired) electrons. The monoisotopic (exact) mass is 538 g/mol. The molecule has 0 unspecified atom stereocenters. The molecular formula is C26H35ClN2O6S. The largest absolute Gasteiger partial charge is 0.392 e. The molecule has 3 heterocycles. The second kappa shape index (κ2) is 10.3. The van der Waals surface area contributed by atoms with Gasteiger partial charge in [-0.1, -0.05) is 38.4 Å². The molecule has 4 rings (SSSR count). The molecular weight excluding hydrogens is 504 g/mol. The number of carbonyl (C=O) groups is 2. The number of halogens is 1. The third-order valence-corrected chi connectivity index (χ3v) is 9.02. The standard InChI is InChI=1S/C26H35ClN2O6S/c1-13-23(32)14(2)34-9-8-26(27)21(35-26)11-17(16-6-7-19-18(10-16)28-15(3)36-19)29-22(31)12-20(30)25(4,5)24(13)33/h6-7,10,13-14,17,20-21,23,30,32H,8-9,11-12H2,1-5H3,(H,29,31)/t13-,14+,17+,20+,21-,23+,26+/m1/s1. The van der Waals surface area contributed by atoms with Crippen LogP contribution >= 0.6 is 22.9 Å². The van der Waals surface area contributed by atoms with Gasteiger partial charge in [0, 0.05) is 18.8 Å². The fraction of sp³-hybridized carbons (Fsp3) is 0.654. The fourth-order valence-corrected chi connectivity index (χ4v) is 5.98. The number of Topliss-reactive ketones (excluding diaryl/α,β-unsaturated/α-hetero) is 1. The van der Waals surface area contributed by atoms with Crippen molar-refractivity contribution in [2.75, 3.05) is 6.61 Å². The zero-order chi connectivity index (χ0) is 26.4. The normalized spacial score (nSPS) is 36.3. The molecule has 3 N–H and O–H groups in total. The highest BCUT2D eigenvalue weighted by atomic mass is 35.5. The number of hydrogen-bond acceptors (Lipinski definition) is 8. The molecule has 2 fully saturated rings. The summed E-state index contributed by atoms with van der Waals surface area (Å²) in [4.78, 5) is 30.9. The smallest absolute Gasteiger partial charge is 0.223 e. The molecule has 2 aliphatic heterocycles. The minimum atomic E-state index is -1.24. The minimum Gasteiger partial charge on any atom is -0.392 e. The van der Waals surface area contributed by atoms with Gasteiger partial charge in [-0.2, -0.15) is 0 Å². The molecule has 36 heavy (non-hydrogen) atoms. The zero-order valence-corrected chi connectivity index (χ0v) is 22.9. The summed E-state index contributed by atoms with van der Waals surface area (Å²) in [5, 5.41) is 24.7. The molecule has 0 aliphatic carbocycles. The number of ether oxygens (including phenoxy) is 2. The van der Waals surface area contributed by atoms with Crippen molar-refractivity contribution in [3.05, 3.63) is 28.8 Å². The number of benzene rings is 1. The van der Waals surface area contributed by atoms with Gasteiger partial charge in [0.1, 0.15) is 11.9 Å². The van der Waals surface area contributed by atoms with Crippen molar-refractivity contribution in [2.24, 2.45) is 11.3 Å². The van der Waals surface area contributed by atoms with E-state index >= 15 is 0 Å². The van der Waals surface area contributed by atoms with Crippen LogP contribution < -0.4 is 5.32 Å². The van der Waals surface area contributed by atoms with E-state index in [1.54, 1.807) is 39.0 Å². The summed E-state index contributed by atoms with van der Waals surface area (Å²) >= 11 is 8.28. The maximum atomic E-state index is 13.2. The Hall–Kier alpha value is -1.62. The van der Waals surface area contributed by atoms with Gasteiger partial charge in [-0.3, -0.25) is 9.59 Å². The van der Waals surface area contributed by atoms with Gasteiger partial charge in [-0.15, -0.1) is 11.3 Å². The summed E-state index contributed by atoms with van der Waals surface area (Å²) in [6, 6.07) is 5.48. The van der Waals surface area contributed by atoms with Crippen molar-refractivity contribution >= 4 is 44.8 Å². The predicted molar refractivity (Wildman–Crippen MR) is 138 cm³/mol.